The van der Waals surface area contributed by atoms with Gasteiger partial charge in [-0.25, -0.2) is 4.79 Å². The van der Waals surface area contributed by atoms with Gasteiger partial charge in [0.1, 0.15) is 12.7 Å². The van der Waals surface area contributed by atoms with Crippen LogP contribution in [0.3, 0.4) is 0 Å². The van der Waals surface area contributed by atoms with Gasteiger partial charge in [-0.05, 0) is 114 Å². The highest BCUT2D eigenvalue weighted by atomic mass is 28.4. The number of fused-ring (bicyclic) bond motifs is 1. The lowest BCUT2D eigenvalue weighted by Gasteiger charge is -2.45. The first kappa shape index (κ1) is 44.1. The van der Waals surface area contributed by atoms with Gasteiger partial charge in [0.05, 0.1) is 18.3 Å². The van der Waals surface area contributed by atoms with Crippen molar-refractivity contribution >= 4 is 22.6 Å². The third kappa shape index (κ3) is 10.5. The van der Waals surface area contributed by atoms with Gasteiger partial charge >= 0.3 is 5.97 Å². The minimum atomic E-state index is -2.02. The molecule has 0 aromatic carbocycles. The van der Waals surface area contributed by atoms with Crippen molar-refractivity contribution in [1.82, 2.24) is 0 Å². The van der Waals surface area contributed by atoms with Crippen LogP contribution in [-0.2, 0) is 23.1 Å². The minimum absolute atomic E-state index is 0.0107. The van der Waals surface area contributed by atoms with E-state index in [0.717, 1.165) is 44.1 Å². The average Bonchev–Trinajstić information content (AvgIpc) is 3.30. The molecule has 0 aromatic rings. The SMILES string of the molecule is C=C1C(=CC=C2CCC[C@]3(C)C([C@H](C)OCC(=O)OC(C(C)(C)C)C(C)(C)C)=CC[C@@H]23)C[C@@H](O[Si](C)(C)C(C)(C)C)C[C@@H]1O[Si](C)(C)C(C)(C)C. The van der Waals surface area contributed by atoms with Crippen LogP contribution in [0.1, 0.15) is 135 Å². The summed E-state index contributed by atoms with van der Waals surface area (Å²) in [5, 5.41) is 0.264. The third-order valence-electron chi connectivity index (χ3n) is 13.1. The Morgan fingerprint density at radius 2 is 1.47 bits per heavy atom. The fraction of sp³-hybridized carbons (Fsp3) is 0.795. The van der Waals surface area contributed by atoms with Crippen LogP contribution in [0.2, 0.25) is 36.3 Å². The summed E-state index contributed by atoms with van der Waals surface area (Å²) in [4.78, 5) is 13.0. The summed E-state index contributed by atoms with van der Waals surface area (Å²) in [5.74, 6) is 0.143. The van der Waals surface area contributed by atoms with Crippen molar-refractivity contribution in [3.8, 4) is 0 Å². The Morgan fingerprint density at radius 3 is 2.00 bits per heavy atom. The number of hydrogen-bond acceptors (Lipinski definition) is 5. The van der Waals surface area contributed by atoms with Crippen LogP contribution >= 0.6 is 0 Å². The number of hydrogen-bond donors (Lipinski definition) is 0. The zero-order valence-corrected chi connectivity index (χ0v) is 38.3. The molecular weight excluding hydrogens is 665 g/mol. The van der Waals surface area contributed by atoms with Gasteiger partial charge in [-0.3, -0.25) is 0 Å². The van der Waals surface area contributed by atoms with Crippen molar-refractivity contribution in [2.45, 2.75) is 196 Å². The summed E-state index contributed by atoms with van der Waals surface area (Å²) >= 11 is 0. The number of ether oxygens (including phenoxy) is 2. The number of allylic oxidation sites excluding steroid dienone is 4. The maximum Gasteiger partial charge on any atom is 0.332 e. The molecule has 2 fully saturated rings. The lowest BCUT2D eigenvalue weighted by Crippen LogP contribution is -2.49. The van der Waals surface area contributed by atoms with E-state index >= 15 is 0 Å². The lowest BCUT2D eigenvalue weighted by atomic mass is 9.63. The second kappa shape index (κ2) is 15.5. The van der Waals surface area contributed by atoms with Crippen LogP contribution in [0.15, 0.2) is 47.1 Å². The molecule has 7 heteroatoms. The molecule has 0 bridgehead atoms. The second-order valence-corrected chi connectivity index (χ2v) is 31.1. The molecule has 0 amide bonds. The van der Waals surface area contributed by atoms with E-state index < -0.39 is 16.6 Å². The molecule has 3 aliphatic carbocycles. The maximum absolute atomic E-state index is 13.0. The summed E-state index contributed by atoms with van der Waals surface area (Å²) in [6.45, 7) is 45.2. The molecule has 3 aliphatic rings. The van der Waals surface area contributed by atoms with Crippen molar-refractivity contribution in [2.75, 3.05) is 6.61 Å². The molecule has 2 saturated carbocycles. The van der Waals surface area contributed by atoms with Crippen molar-refractivity contribution in [1.29, 1.82) is 0 Å². The van der Waals surface area contributed by atoms with E-state index in [1.165, 1.54) is 16.7 Å². The van der Waals surface area contributed by atoms with Crippen molar-refractivity contribution in [3.63, 3.8) is 0 Å². The Kier molecular flexibility index (Phi) is 13.4. The third-order valence-corrected chi connectivity index (χ3v) is 22.1. The highest BCUT2D eigenvalue weighted by molar-refractivity contribution is 6.74. The van der Waals surface area contributed by atoms with Gasteiger partial charge in [-0.2, -0.15) is 0 Å². The summed E-state index contributed by atoms with van der Waals surface area (Å²) in [6, 6.07) is 0. The normalized spacial score (nSPS) is 27.9. The molecule has 3 rings (SSSR count). The van der Waals surface area contributed by atoms with E-state index in [1.807, 2.05) is 0 Å². The first-order valence-corrected chi connectivity index (χ1v) is 25.7. The molecule has 0 heterocycles. The Morgan fingerprint density at radius 1 is 0.922 bits per heavy atom. The van der Waals surface area contributed by atoms with Crippen molar-refractivity contribution in [3.05, 3.63) is 47.1 Å². The van der Waals surface area contributed by atoms with Gasteiger partial charge in [0.2, 0.25) is 0 Å². The predicted octanol–water partition coefficient (Wildman–Crippen LogP) is 12.5. The zero-order chi connectivity index (χ0) is 39.2. The first-order valence-electron chi connectivity index (χ1n) is 19.9. The zero-order valence-electron chi connectivity index (χ0n) is 36.3. The van der Waals surface area contributed by atoms with Gasteiger partial charge in [0, 0.05) is 6.42 Å². The Labute approximate surface area is 316 Å². The van der Waals surface area contributed by atoms with E-state index in [4.69, 9.17) is 18.3 Å². The number of esters is 1. The molecule has 51 heavy (non-hydrogen) atoms. The van der Waals surface area contributed by atoms with Gasteiger partial charge in [0.15, 0.2) is 16.6 Å². The van der Waals surface area contributed by atoms with Crippen molar-refractivity contribution < 1.29 is 23.1 Å². The molecule has 0 aliphatic heterocycles. The molecule has 0 radical (unpaired) electrons. The van der Waals surface area contributed by atoms with Crippen LogP contribution in [0.5, 0.6) is 0 Å². The monoisotopic (exact) mass is 743 g/mol. The fourth-order valence-electron chi connectivity index (χ4n) is 8.35. The van der Waals surface area contributed by atoms with Crippen LogP contribution in [-0.4, -0.2) is 53.6 Å². The molecule has 0 saturated heterocycles. The fourth-order valence-corrected chi connectivity index (χ4v) is 11.0. The standard InChI is InChI=1S/C44H78O5Si2/c1-30-33(27-34(48-50(16,17)42(9,10)11)28-37(30)49-51(18,19)43(12,13)14)23-22-32-21-20-26-44(15)35(24-25-36(32)44)31(2)46-29-38(45)47-39(40(3,4)5)41(6,7)8/h22-24,31,34,36-37,39H,1,20-21,25-29H2,2-19H3/t31-,34+,36-,37-,44+/m0/s1. The van der Waals surface area contributed by atoms with Crippen molar-refractivity contribution in [2.24, 2.45) is 22.2 Å². The number of carbonyl (C=O) groups is 1. The largest absolute Gasteiger partial charge is 0.460 e. The van der Waals surface area contributed by atoms with Gasteiger partial charge in [-0.15, -0.1) is 0 Å². The second-order valence-electron chi connectivity index (χ2n) is 21.5. The molecule has 5 atom stereocenters. The molecule has 292 valence electrons. The summed E-state index contributed by atoms with van der Waals surface area (Å²) in [7, 11) is -4.00. The first-order chi connectivity index (χ1) is 22.9. The predicted molar refractivity (Wildman–Crippen MR) is 221 cm³/mol. The lowest BCUT2D eigenvalue weighted by molar-refractivity contribution is -0.170. The maximum atomic E-state index is 13.0. The highest BCUT2D eigenvalue weighted by Crippen LogP contribution is 2.56. The summed E-state index contributed by atoms with van der Waals surface area (Å²) in [5.41, 5.74) is 4.94. The summed E-state index contributed by atoms with van der Waals surface area (Å²) in [6.07, 6.45) is 13.1. The van der Waals surface area contributed by atoms with E-state index in [1.54, 1.807) is 0 Å². The summed E-state index contributed by atoms with van der Waals surface area (Å²) < 4.78 is 26.5. The van der Waals surface area contributed by atoms with E-state index in [-0.39, 0.29) is 63.3 Å². The molecule has 0 spiro atoms. The molecule has 0 unspecified atom stereocenters. The Bertz CT molecular complexity index is 1340. The van der Waals surface area contributed by atoms with Gasteiger partial charge in [-0.1, -0.05) is 120 Å². The van der Waals surface area contributed by atoms with Crippen LogP contribution in [0.4, 0.5) is 0 Å². The van der Waals surface area contributed by atoms with E-state index in [9.17, 15) is 4.79 Å². The van der Waals surface area contributed by atoms with Crippen LogP contribution < -0.4 is 0 Å². The van der Waals surface area contributed by atoms with Crippen LogP contribution in [0.25, 0.3) is 0 Å². The minimum Gasteiger partial charge on any atom is -0.460 e. The van der Waals surface area contributed by atoms with Gasteiger partial charge < -0.3 is 18.3 Å². The quantitative estimate of drug-likeness (QED) is 0.127. The van der Waals surface area contributed by atoms with Crippen LogP contribution in [0, 0.1) is 22.2 Å². The molecule has 0 N–H and O–H groups in total. The molecule has 0 aromatic heterocycles. The topological polar surface area (TPSA) is 54.0 Å². The highest BCUT2D eigenvalue weighted by Gasteiger charge is 2.48. The average molecular weight is 743 g/mol. The van der Waals surface area contributed by atoms with E-state index in [0.29, 0.717) is 5.92 Å². The number of carbonyl (C=O) groups excluding carboxylic acids is 1. The number of rotatable bonds is 10. The molecule has 5 nitrogen and oxygen atoms in total. The Balaban J connectivity index is 1.82. The molecular formula is C44H78O5Si2. The Hall–Kier alpha value is -1.26. The smallest absolute Gasteiger partial charge is 0.332 e. The van der Waals surface area contributed by atoms with E-state index in [2.05, 4.69) is 148 Å². The van der Waals surface area contributed by atoms with Gasteiger partial charge in [0.25, 0.3) is 0 Å².